The van der Waals surface area contributed by atoms with Gasteiger partial charge in [-0.25, -0.2) is 0 Å². The van der Waals surface area contributed by atoms with Crippen LogP contribution in [0.15, 0.2) is 91.0 Å². The van der Waals surface area contributed by atoms with E-state index < -0.39 is 5.96 Å². The van der Waals surface area contributed by atoms with Crippen molar-refractivity contribution in [3.05, 3.63) is 91.0 Å². The summed E-state index contributed by atoms with van der Waals surface area (Å²) >= 11 is 7.80. The summed E-state index contributed by atoms with van der Waals surface area (Å²) in [6, 6.07) is 31.4. The summed E-state index contributed by atoms with van der Waals surface area (Å²) < 4.78 is 5.48. The number of methoxy groups -OCH3 is 1. The number of halogens is 1. The SMILES string of the molecule is COCCP(Cl)(c1ccccc1)(c1ccccc1)c1ccccc1. The van der Waals surface area contributed by atoms with E-state index in [1.807, 2.05) is 18.2 Å². The summed E-state index contributed by atoms with van der Waals surface area (Å²) in [4.78, 5) is 0. The molecule has 0 spiro atoms. The molecule has 3 rings (SSSR count). The van der Waals surface area contributed by atoms with Crippen molar-refractivity contribution >= 4 is 33.1 Å². The summed E-state index contributed by atoms with van der Waals surface area (Å²) in [5.41, 5.74) is 0. The Bertz CT molecular complexity index is 675. The van der Waals surface area contributed by atoms with Crippen LogP contribution in [0.1, 0.15) is 0 Å². The van der Waals surface area contributed by atoms with Crippen molar-refractivity contribution in [1.29, 1.82) is 0 Å². The molecule has 0 fully saturated rings. The van der Waals surface area contributed by atoms with E-state index in [9.17, 15) is 0 Å². The monoisotopic (exact) mass is 356 g/mol. The van der Waals surface area contributed by atoms with E-state index in [1.54, 1.807) is 7.11 Å². The van der Waals surface area contributed by atoms with E-state index in [2.05, 4.69) is 72.8 Å². The van der Waals surface area contributed by atoms with Crippen LogP contribution in [0.2, 0.25) is 0 Å². The van der Waals surface area contributed by atoms with Crippen LogP contribution in [-0.4, -0.2) is 19.9 Å². The molecule has 0 heterocycles. The first-order chi connectivity index (χ1) is 11.7. The molecule has 3 aromatic rings. The van der Waals surface area contributed by atoms with Gasteiger partial charge in [0.15, 0.2) is 0 Å². The molecule has 0 aliphatic heterocycles. The zero-order valence-electron chi connectivity index (χ0n) is 13.8. The normalized spacial score (nSPS) is 13.2. The van der Waals surface area contributed by atoms with Gasteiger partial charge in [0.25, 0.3) is 0 Å². The molecule has 0 unspecified atom stereocenters. The van der Waals surface area contributed by atoms with Crippen LogP contribution >= 0.6 is 17.2 Å². The van der Waals surface area contributed by atoms with E-state index in [-0.39, 0.29) is 0 Å². The Hall–Kier alpha value is -1.66. The zero-order chi connectivity index (χ0) is 16.9. The van der Waals surface area contributed by atoms with Crippen LogP contribution in [0.3, 0.4) is 0 Å². The number of rotatable bonds is 6. The molecule has 1 nitrogen and oxygen atoms in total. The van der Waals surface area contributed by atoms with Crippen molar-refractivity contribution in [2.45, 2.75) is 0 Å². The maximum atomic E-state index is 7.80. The van der Waals surface area contributed by atoms with Gasteiger partial charge in [-0.15, -0.1) is 0 Å². The number of hydrogen-bond donors (Lipinski definition) is 0. The first kappa shape index (κ1) is 17.2. The van der Waals surface area contributed by atoms with Crippen molar-refractivity contribution in [3.63, 3.8) is 0 Å². The minimum absolute atomic E-state index is 0.611. The van der Waals surface area contributed by atoms with Gasteiger partial charge in [0.2, 0.25) is 0 Å². The fourth-order valence-corrected chi connectivity index (χ4v) is 9.11. The fourth-order valence-electron chi connectivity index (χ4n) is 3.31. The van der Waals surface area contributed by atoms with Gasteiger partial charge in [-0.05, 0) is 0 Å². The van der Waals surface area contributed by atoms with E-state index >= 15 is 0 Å². The average Bonchev–Trinajstić information content (AvgIpc) is 2.68. The van der Waals surface area contributed by atoms with Gasteiger partial charge in [0, 0.05) is 0 Å². The fraction of sp³-hybridized carbons (Fsp3) is 0.143. The third kappa shape index (κ3) is 2.78. The quantitative estimate of drug-likeness (QED) is 0.598. The van der Waals surface area contributed by atoms with Crippen LogP contribution < -0.4 is 15.9 Å². The molecule has 0 N–H and O–H groups in total. The van der Waals surface area contributed by atoms with E-state index in [0.29, 0.717) is 6.61 Å². The number of hydrogen-bond acceptors (Lipinski definition) is 1. The number of benzene rings is 3. The molecule has 24 heavy (non-hydrogen) atoms. The van der Waals surface area contributed by atoms with Gasteiger partial charge >= 0.3 is 149 Å². The maximum absolute atomic E-state index is 7.80. The van der Waals surface area contributed by atoms with Crippen LogP contribution in [0.5, 0.6) is 0 Å². The van der Waals surface area contributed by atoms with Crippen molar-refractivity contribution in [2.75, 3.05) is 19.9 Å². The molecule has 3 heteroatoms. The van der Waals surface area contributed by atoms with Crippen LogP contribution in [-0.2, 0) is 4.74 Å². The molecular weight excluding hydrogens is 335 g/mol. The predicted molar refractivity (Wildman–Crippen MR) is 108 cm³/mol. The van der Waals surface area contributed by atoms with Gasteiger partial charge in [0.1, 0.15) is 0 Å². The third-order valence-corrected chi connectivity index (χ3v) is 12.0. The summed E-state index contributed by atoms with van der Waals surface area (Å²) in [5, 5.41) is 3.54. The average molecular weight is 357 g/mol. The molecule has 0 saturated carbocycles. The van der Waals surface area contributed by atoms with Crippen LogP contribution in [0.4, 0.5) is 0 Å². The molecule has 124 valence electrons. The standard InChI is InChI=1S/C21H22ClOP/c1-23-17-18-24(22,19-11-5-2-6-12-19,20-13-7-3-8-14-20)21-15-9-4-10-16-21/h2-16H,17-18H2,1H3. The molecule has 3 aromatic carbocycles. The van der Waals surface area contributed by atoms with Gasteiger partial charge in [-0.1, -0.05) is 0 Å². The van der Waals surface area contributed by atoms with Gasteiger partial charge in [-0.3, -0.25) is 0 Å². The second-order valence-electron chi connectivity index (χ2n) is 5.91. The molecule has 0 aliphatic rings. The Labute approximate surface area is 149 Å². The topological polar surface area (TPSA) is 9.23 Å². The summed E-state index contributed by atoms with van der Waals surface area (Å²) in [5.74, 6) is -3.11. The first-order valence-electron chi connectivity index (χ1n) is 8.09. The first-order valence-corrected chi connectivity index (χ1v) is 11.4. The van der Waals surface area contributed by atoms with E-state index in [1.165, 1.54) is 15.9 Å². The van der Waals surface area contributed by atoms with Crippen molar-refractivity contribution < 1.29 is 4.74 Å². The molecular formula is C21H22ClOP. The molecule has 0 amide bonds. The molecule has 0 radical (unpaired) electrons. The van der Waals surface area contributed by atoms with Gasteiger partial charge < -0.3 is 0 Å². The Balaban J connectivity index is 2.37. The molecule has 0 aliphatic carbocycles. The van der Waals surface area contributed by atoms with Gasteiger partial charge in [0.05, 0.1) is 0 Å². The Morgan fingerprint density at radius 3 is 1.29 bits per heavy atom. The minimum atomic E-state index is -3.11. The predicted octanol–water partition coefficient (Wildman–Crippen LogP) is 4.32. The third-order valence-electron chi connectivity index (χ3n) is 4.60. The molecule has 0 aromatic heterocycles. The molecule has 0 saturated heterocycles. The Morgan fingerprint density at radius 2 is 1.00 bits per heavy atom. The summed E-state index contributed by atoms with van der Waals surface area (Å²) in [6.45, 7) is 0.611. The molecule has 0 bridgehead atoms. The van der Waals surface area contributed by atoms with Crippen molar-refractivity contribution in [3.8, 4) is 0 Å². The van der Waals surface area contributed by atoms with Crippen LogP contribution in [0.25, 0.3) is 0 Å². The zero-order valence-corrected chi connectivity index (χ0v) is 15.5. The summed E-state index contributed by atoms with van der Waals surface area (Å²) in [6.07, 6.45) is 0.766. The van der Waals surface area contributed by atoms with Gasteiger partial charge in [-0.2, -0.15) is 0 Å². The van der Waals surface area contributed by atoms with Crippen molar-refractivity contribution in [1.82, 2.24) is 0 Å². The Morgan fingerprint density at radius 1 is 0.667 bits per heavy atom. The molecule has 0 atom stereocenters. The van der Waals surface area contributed by atoms with Crippen LogP contribution in [0, 0.1) is 0 Å². The second-order valence-corrected chi connectivity index (χ2v) is 12.5. The van der Waals surface area contributed by atoms with E-state index in [0.717, 1.165) is 6.16 Å². The number of ether oxygens (including phenoxy) is 1. The second kappa shape index (κ2) is 7.07. The summed E-state index contributed by atoms with van der Waals surface area (Å²) in [7, 11) is 1.74. The van der Waals surface area contributed by atoms with Crippen molar-refractivity contribution in [2.24, 2.45) is 0 Å². The van der Waals surface area contributed by atoms with E-state index in [4.69, 9.17) is 16.0 Å². The Kier molecular flexibility index (Phi) is 5.06.